The highest BCUT2D eigenvalue weighted by molar-refractivity contribution is 8.26. The van der Waals surface area contributed by atoms with E-state index in [1.807, 2.05) is 48.2 Å². The summed E-state index contributed by atoms with van der Waals surface area (Å²) in [5, 5.41) is 0. The van der Waals surface area contributed by atoms with Crippen molar-refractivity contribution in [1.82, 2.24) is 19.7 Å². The van der Waals surface area contributed by atoms with E-state index in [1.54, 1.807) is 12.3 Å². The lowest BCUT2D eigenvalue weighted by Crippen LogP contribution is -2.47. The molecule has 0 amide bonds. The highest BCUT2D eigenvalue weighted by Crippen LogP contribution is 2.42. The van der Waals surface area contributed by atoms with Gasteiger partial charge in [0.15, 0.2) is 0 Å². The molecule has 3 heterocycles. The van der Waals surface area contributed by atoms with E-state index in [1.165, 1.54) is 24.3 Å². The van der Waals surface area contributed by atoms with Gasteiger partial charge in [0, 0.05) is 48.5 Å². The molecule has 1 saturated heterocycles. The normalized spacial score (nSPS) is 14.1. The van der Waals surface area contributed by atoms with Crippen LogP contribution in [0.3, 0.4) is 0 Å². The quantitative estimate of drug-likeness (QED) is 0.170. The summed E-state index contributed by atoms with van der Waals surface area (Å²) < 4.78 is 59.9. The third-order valence-corrected chi connectivity index (χ3v) is 8.99. The monoisotopic (exact) mass is 608 g/mol. The van der Waals surface area contributed by atoms with E-state index in [4.69, 9.17) is 0 Å². The van der Waals surface area contributed by atoms with E-state index in [0.29, 0.717) is 49.3 Å². The number of piperazine rings is 1. The molecule has 1 fully saturated rings. The van der Waals surface area contributed by atoms with Crippen LogP contribution in [0.25, 0.3) is 22.4 Å². The number of hydrogen-bond acceptors (Lipinski definition) is 6. The molecule has 0 unspecified atom stereocenters. The van der Waals surface area contributed by atoms with E-state index < -0.39 is 27.2 Å². The molecular formula is C32H32F4N6S. The van der Waals surface area contributed by atoms with Crippen LogP contribution in [-0.2, 0) is 6.18 Å². The molecule has 1 aliphatic heterocycles. The van der Waals surface area contributed by atoms with Gasteiger partial charge in [-0.2, -0.15) is 13.2 Å². The number of nitrogens with zero attached hydrogens (tertiary/aromatic N) is 5. The molecular weight excluding hydrogens is 576 g/mol. The number of pyridine rings is 1. The minimum absolute atomic E-state index is 0.0567. The molecule has 4 aromatic rings. The topological polar surface area (TPSA) is 57.2 Å². The maximum atomic E-state index is 14.2. The van der Waals surface area contributed by atoms with Gasteiger partial charge in [-0.05, 0) is 60.5 Å². The van der Waals surface area contributed by atoms with Crippen molar-refractivity contribution in [3.63, 3.8) is 0 Å². The average Bonchev–Trinajstić information content (AvgIpc) is 3.00. The third kappa shape index (κ3) is 6.67. The summed E-state index contributed by atoms with van der Waals surface area (Å²) in [4.78, 5) is 17.3. The summed E-state index contributed by atoms with van der Waals surface area (Å²) in [5.74, 6) is 7.80. The van der Waals surface area contributed by atoms with Crippen LogP contribution in [0.2, 0.25) is 0 Å². The number of alkyl halides is 3. The Bertz CT molecular complexity index is 1710. The van der Waals surface area contributed by atoms with Gasteiger partial charge in [0.05, 0.1) is 11.3 Å². The Kier molecular flexibility index (Phi) is 8.45. The lowest BCUT2D eigenvalue weighted by atomic mass is 9.98. The molecule has 11 heteroatoms. The van der Waals surface area contributed by atoms with Crippen molar-refractivity contribution in [3.05, 3.63) is 96.8 Å². The summed E-state index contributed by atoms with van der Waals surface area (Å²) in [6.45, 7) is 7.85. The van der Waals surface area contributed by atoms with Crippen molar-refractivity contribution in [2.45, 2.75) is 24.4 Å². The fourth-order valence-corrected chi connectivity index (χ4v) is 6.38. The van der Waals surface area contributed by atoms with Crippen molar-refractivity contribution >= 4 is 32.8 Å². The van der Waals surface area contributed by atoms with E-state index in [0.717, 1.165) is 16.4 Å². The molecule has 1 aliphatic rings. The van der Waals surface area contributed by atoms with Crippen molar-refractivity contribution < 1.29 is 17.6 Å². The van der Waals surface area contributed by atoms with Crippen LogP contribution in [-0.4, -0.2) is 52.9 Å². The van der Waals surface area contributed by atoms with Gasteiger partial charge in [0.1, 0.15) is 17.5 Å². The second-order valence-corrected chi connectivity index (χ2v) is 12.7. The predicted octanol–water partition coefficient (Wildman–Crippen LogP) is 7.15. The maximum absolute atomic E-state index is 14.2. The van der Waals surface area contributed by atoms with Crippen LogP contribution in [0.15, 0.2) is 90.1 Å². The molecule has 0 atom stereocenters. The van der Waals surface area contributed by atoms with Gasteiger partial charge in [-0.1, -0.05) is 43.4 Å². The predicted molar refractivity (Wildman–Crippen MR) is 169 cm³/mol. The van der Waals surface area contributed by atoms with Crippen LogP contribution in [0, 0.1) is 5.82 Å². The zero-order chi connectivity index (χ0) is 30.8. The molecule has 0 saturated carbocycles. The molecule has 6 nitrogen and oxygen atoms in total. The molecule has 0 radical (unpaired) electrons. The molecule has 0 aliphatic carbocycles. The summed E-state index contributed by atoms with van der Waals surface area (Å²) in [5.41, 5.74) is 2.18. The molecule has 2 aromatic carbocycles. The van der Waals surface area contributed by atoms with E-state index >= 15 is 0 Å². The van der Waals surface area contributed by atoms with Crippen LogP contribution in [0.4, 0.5) is 29.2 Å². The Morgan fingerprint density at radius 1 is 0.907 bits per heavy atom. The molecule has 0 spiro atoms. The number of anilines is 2. The lowest BCUT2D eigenvalue weighted by molar-refractivity contribution is -0.144. The molecule has 5 rings (SSSR count). The molecule has 224 valence electrons. The van der Waals surface area contributed by atoms with Crippen LogP contribution in [0.1, 0.15) is 19.2 Å². The average molecular weight is 609 g/mol. The first-order chi connectivity index (χ1) is 20.5. The first-order valence-electron chi connectivity index (χ1n) is 13.7. The minimum Gasteiger partial charge on any atom is -0.353 e. The smallest absolute Gasteiger partial charge is 0.353 e. The van der Waals surface area contributed by atoms with Gasteiger partial charge in [0.2, 0.25) is 5.82 Å². The summed E-state index contributed by atoms with van der Waals surface area (Å²) in [6, 6.07) is 18.3. The Balaban J connectivity index is 1.68. The minimum atomic E-state index is -4.80. The number of allylic oxidation sites excluding steroid dienone is 1. The number of halogens is 4. The fraction of sp³-hybridized carbons (Fsp3) is 0.219. The summed E-state index contributed by atoms with van der Waals surface area (Å²) in [6.07, 6.45) is -2.40. The fourth-order valence-electron chi connectivity index (χ4n) is 4.88. The van der Waals surface area contributed by atoms with Gasteiger partial charge in [0.25, 0.3) is 0 Å². The van der Waals surface area contributed by atoms with Gasteiger partial charge in [-0.15, -0.1) is 9.39 Å². The van der Waals surface area contributed by atoms with Crippen molar-refractivity contribution in [3.8, 4) is 22.4 Å². The zero-order valence-electron chi connectivity index (χ0n) is 23.7. The molecule has 43 heavy (non-hydrogen) atoms. The van der Waals surface area contributed by atoms with Gasteiger partial charge in [-0.25, -0.2) is 19.3 Å². The van der Waals surface area contributed by atoms with Crippen LogP contribution >= 0.6 is 9.39 Å². The number of benzene rings is 2. The van der Waals surface area contributed by atoms with E-state index in [2.05, 4.69) is 42.9 Å². The highest BCUT2D eigenvalue weighted by atomic mass is 32.2. The van der Waals surface area contributed by atoms with Crippen LogP contribution < -0.4 is 14.5 Å². The molecule has 0 bridgehead atoms. The number of aromatic nitrogens is 3. The van der Waals surface area contributed by atoms with Gasteiger partial charge in [-0.3, -0.25) is 0 Å². The first-order valence-corrected chi connectivity index (χ1v) is 15.6. The Morgan fingerprint density at radius 2 is 1.60 bits per heavy atom. The SMILES string of the molecule is C=C(CC)NS(=C)(=C)c1cccc(-c2c(-c3ccc(F)cc3)nc(C(F)(F)F)nc2N2CCN(c3ccccn3)CC2)c1. The largest absolute Gasteiger partial charge is 0.451 e. The molecule has 1 N–H and O–H groups in total. The van der Waals surface area contributed by atoms with Gasteiger partial charge < -0.3 is 14.5 Å². The van der Waals surface area contributed by atoms with Gasteiger partial charge >= 0.3 is 6.18 Å². The number of nitrogens with one attached hydrogen (secondary N) is 1. The van der Waals surface area contributed by atoms with Crippen molar-refractivity contribution in [2.75, 3.05) is 36.0 Å². The van der Waals surface area contributed by atoms with E-state index in [9.17, 15) is 17.6 Å². The second kappa shape index (κ2) is 12.1. The molecule has 2 aromatic heterocycles. The standard InChI is InChI=1S/C32H32F4N6S/c1-5-22(2)40-43(3,4)26-10-8-9-24(21-26)28-29(23-12-14-25(33)15-13-23)38-31(32(34,35)36)39-30(28)42-19-17-41(18-20-42)27-11-6-7-16-37-27/h6-16,21,40H,2-5,17-20H2,1H3. The Labute approximate surface area is 249 Å². The number of rotatable bonds is 8. The summed E-state index contributed by atoms with van der Waals surface area (Å²) in [7, 11) is -2.04. The van der Waals surface area contributed by atoms with E-state index in [-0.39, 0.29) is 11.5 Å². The zero-order valence-corrected chi connectivity index (χ0v) is 24.6. The van der Waals surface area contributed by atoms with Crippen molar-refractivity contribution in [2.24, 2.45) is 0 Å². The third-order valence-electron chi connectivity index (χ3n) is 7.15. The highest BCUT2D eigenvalue weighted by Gasteiger charge is 2.38. The van der Waals surface area contributed by atoms with Crippen LogP contribution in [0.5, 0.6) is 0 Å². The Hall–Kier alpha value is -4.38. The first kappa shape index (κ1) is 30.1. The lowest BCUT2D eigenvalue weighted by Gasteiger charge is -2.37. The number of hydrogen-bond donors (Lipinski definition) is 1. The second-order valence-electron chi connectivity index (χ2n) is 10.2. The summed E-state index contributed by atoms with van der Waals surface area (Å²) >= 11 is 0. The Morgan fingerprint density at radius 3 is 2.23 bits per heavy atom. The maximum Gasteiger partial charge on any atom is 0.451 e. The van der Waals surface area contributed by atoms with Crippen molar-refractivity contribution in [1.29, 1.82) is 0 Å².